The fourth-order valence-corrected chi connectivity index (χ4v) is 2.52. The van der Waals surface area contributed by atoms with Gasteiger partial charge in [0, 0.05) is 0 Å². The molecule has 0 saturated heterocycles. The minimum Gasteiger partial charge on any atom is -0.465 e. The molecule has 2 aromatic rings. The highest BCUT2D eigenvalue weighted by Crippen LogP contribution is 2.17. The normalized spacial score (nSPS) is 10.7. The van der Waals surface area contributed by atoms with Crippen LogP contribution < -0.4 is 0 Å². The highest BCUT2D eigenvalue weighted by Gasteiger charge is 2.12. The molecule has 0 aliphatic carbocycles. The Morgan fingerprint density at radius 3 is 1.54 bits per heavy atom. The first-order chi connectivity index (χ1) is 11.4. The molecule has 2 aromatic carbocycles. The van der Waals surface area contributed by atoms with E-state index in [-0.39, 0.29) is 0 Å². The maximum atomic E-state index is 11.8. The molecule has 24 heavy (non-hydrogen) atoms. The molecule has 0 heterocycles. The van der Waals surface area contributed by atoms with Crippen molar-refractivity contribution in [1.29, 1.82) is 0 Å². The molecular weight excluding hydrogens is 304 g/mol. The standard InChI is InChI=1S/C20H20O4/c1-13-7-14(2)9-15(8-13)5-6-16-10-17(19(21)23-3)12-18(11-16)20(22)24-4/h5-12H,1-4H3. The summed E-state index contributed by atoms with van der Waals surface area (Å²) in [5.74, 6) is -0.997. The van der Waals surface area contributed by atoms with Crippen LogP contribution in [0.3, 0.4) is 0 Å². The zero-order chi connectivity index (χ0) is 17.7. The molecule has 0 saturated carbocycles. The summed E-state index contributed by atoms with van der Waals surface area (Å²) in [6.07, 6.45) is 3.80. The average molecular weight is 324 g/mol. The average Bonchev–Trinajstić information content (AvgIpc) is 2.57. The van der Waals surface area contributed by atoms with Crippen LogP contribution in [0.1, 0.15) is 43.0 Å². The molecule has 124 valence electrons. The van der Waals surface area contributed by atoms with Gasteiger partial charge >= 0.3 is 11.9 Å². The Morgan fingerprint density at radius 2 is 1.12 bits per heavy atom. The molecule has 0 spiro atoms. The Bertz CT molecular complexity index is 749. The van der Waals surface area contributed by atoms with Gasteiger partial charge < -0.3 is 9.47 Å². The Hall–Kier alpha value is -2.88. The van der Waals surface area contributed by atoms with Crippen molar-refractivity contribution in [3.63, 3.8) is 0 Å². The van der Waals surface area contributed by atoms with E-state index in [1.807, 2.05) is 26.0 Å². The Balaban J connectivity index is 2.42. The Labute approximate surface area is 141 Å². The van der Waals surface area contributed by atoms with Crippen molar-refractivity contribution in [2.45, 2.75) is 13.8 Å². The summed E-state index contributed by atoms with van der Waals surface area (Å²) >= 11 is 0. The zero-order valence-corrected chi connectivity index (χ0v) is 14.3. The van der Waals surface area contributed by atoms with E-state index >= 15 is 0 Å². The van der Waals surface area contributed by atoms with Crippen molar-refractivity contribution in [3.8, 4) is 0 Å². The van der Waals surface area contributed by atoms with Crippen LogP contribution in [-0.4, -0.2) is 26.2 Å². The van der Waals surface area contributed by atoms with E-state index in [0.717, 1.165) is 11.1 Å². The predicted octanol–water partition coefficient (Wildman–Crippen LogP) is 4.05. The number of hydrogen-bond donors (Lipinski definition) is 0. The molecule has 2 rings (SSSR count). The summed E-state index contributed by atoms with van der Waals surface area (Å²) < 4.78 is 9.48. The highest BCUT2D eigenvalue weighted by molar-refractivity contribution is 5.96. The summed E-state index contributed by atoms with van der Waals surface area (Å²) in [5.41, 5.74) is 4.73. The fourth-order valence-electron chi connectivity index (χ4n) is 2.52. The van der Waals surface area contributed by atoms with Crippen molar-refractivity contribution in [2.24, 2.45) is 0 Å². The van der Waals surface area contributed by atoms with Gasteiger partial charge in [0.05, 0.1) is 25.3 Å². The lowest BCUT2D eigenvalue weighted by atomic mass is 10.0. The number of aryl methyl sites for hydroxylation is 2. The topological polar surface area (TPSA) is 52.6 Å². The van der Waals surface area contributed by atoms with Crippen LogP contribution in [0.5, 0.6) is 0 Å². The molecule has 0 aliphatic rings. The lowest BCUT2D eigenvalue weighted by Crippen LogP contribution is -2.07. The first-order valence-corrected chi connectivity index (χ1v) is 7.51. The Kier molecular flexibility index (Phi) is 5.53. The van der Waals surface area contributed by atoms with Crippen LogP contribution in [-0.2, 0) is 9.47 Å². The van der Waals surface area contributed by atoms with Crippen LogP contribution in [0.15, 0.2) is 36.4 Å². The minimum absolute atomic E-state index is 0.306. The highest BCUT2D eigenvalue weighted by atomic mass is 16.5. The van der Waals surface area contributed by atoms with Crippen molar-refractivity contribution in [1.82, 2.24) is 0 Å². The summed E-state index contributed by atoms with van der Waals surface area (Å²) in [5, 5.41) is 0. The third kappa shape index (κ3) is 4.32. The third-order valence-electron chi connectivity index (χ3n) is 3.51. The van der Waals surface area contributed by atoms with E-state index in [1.54, 1.807) is 12.1 Å². The van der Waals surface area contributed by atoms with Gasteiger partial charge in [-0.15, -0.1) is 0 Å². The van der Waals surface area contributed by atoms with E-state index < -0.39 is 11.9 Å². The van der Waals surface area contributed by atoms with Gasteiger partial charge in [-0.25, -0.2) is 9.59 Å². The van der Waals surface area contributed by atoms with Gasteiger partial charge in [0.15, 0.2) is 0 Å². The molecule has 0 bridgehead atoms. The molecule has 0 amide bonds. The van der Waals surface area contributed by atoms with Gasteiger partial charge in [-0.05, 0) is 43.2 Å². The first kappa shape index (κ1) is 17.5. The monoisotopic (exact) mass is 324 g/mol. The van der Waals surface area contributed by atoms with Crippen molar-refractivity contribution >= 4 is 24.1 Å². The number of hydrogen-bond acceptors (Lipinski definition) is 4. The SMILES string of the molecule is COC(=O)c1cc(C=Cc2cc(C)cc(C)c2)cc(C(=O)OC)c1. The van der Waals surface area contributed by atoms with E-state index in [4.69, 9.17) is 9.47 Å². The maximum absolute atomic E-state index is 11.8. The molecule has 0 fully saturated rings. The van der Waals surface area contributed by atoms with Crippen molar-refractivity contribution < 1.29 is 19.1 Å². The summed E-state index contributed by atoms with van der Waals surface area (Å²) in [6.45, 7) is 4.08. The number of rotatable bonds is 4. The van der Waals surface area contributed by atoms with E-state index in [0.29, 0.717) is 11.1 Å². The second-order valence-corrected chi connectivity index (χ2v) is 5.58. The van der Waals surface area contributed by atoms with Gasteiger partial charge in [-0.1, -0.05) is 41.5 Å². The van der Waals surface area contributed by atoms with Crippen LogP contribution in [0.4, 0.5) is 0 Å². The van der Waals surface area contributed by atoms with Gasteiger partial charge in [-0.2, -0.15) is 0 Å². The maximum Gasteiger partial charge on any atom is 0.337 e. The lowest BCUT2D eigenvalue weighted by molar-refractivity contribution is 0.0599. The molecule has 4 heteroatoms. The first-order valence-electron chi connectivity index (χ1n) is 7.51. The van der Waals surface area contributed by atoms with Gasteiger partial charge in [0.1, 0.15) is 0 Å². The molecule has 0 atom stereocenters. The fraction of sp³-hybridized carbons (Fsp3) is 0.200. The smallest absolute Gasteiger partial charge is 0.337 e. The quantitative estimate of drug-likeness (QED) is 0.629. The van der Waals surface area contributed by atoms with Gasteiger partial charge in [0.2, 0.25) is 0 Å². The second kappa shape index (κ2) is 7.59. The van der Waals surface area contributed by atoms with Crippen LogP contribution >= 0.6 is 0 Å². The number of methoxy groups -OCH3 is 2. The molecule has 0 N–H and O–H groups in total. The Morgan fingerprint density at radius 1 is 0.708 bits per heavy atom. The molecule has 0 radical (unpaired) electrons. The number of benzene rings is 2. The lowest BCUT2D eigenvalue weighted by Gasteiger charge is -2.06. The number of carbonyl (C=O) groups excluding carboxylic acids is 2. The summed E-state index contributed by atoms with van der Waals surface area (Å²) in [4.78, 5) is 23.6. The van der Waals surface area contributed by atoms with Gasteiger partial charge in [-0.3, -0.25) is 0 Å². The van der Waals surface area contributed by atoms with Gasteiger partial charge in [0.25, 0.3) is 0 Å². The third-order valence-corrected chi connectivity index (χ3v) is 3.51. The van der Waals surface area contributed by atoms with Crippen molar-refractivity contribution in [2.75, 3.05) is 14.2 Å². The summed E-state index contributed by atoms with van der Waals surface area (Å²) in [6, 6.07) is 11.1. The second-order valence-electron chi connectivity index (χ2n) is 5.58. The zero-order valence-electron chi connectivity index (χ0n) is 14.3. The van der Waals surface area contributed by atoms with E-state index in [2.05, 4.69) is 18.2 Å². The largest absolute Gasteiger partial charge is 0.465 e. The van der Waals surface area contributed by atoms with E-state index in [9.17, 15) is 9.59 Å². The van der Waals surface area contributed by atoms with Crippen LogP contribution in [0.25, 0.3) is 12.2 Å². The van der Waals surface area contributed by atoms with Crippen LogP contribution in [0, 0.1) is 13.8 Å². The van der Waals surface area contributed by atoms with Crippen molar-refractivity contribution in [3.05, 3.63) is 69.8 Å². The minimum atomic E-state index is -0.498. The summed E-state index contributed by atoms with van der Waals surface area (Å²) in [7, 11) is 2.61. The van der Waals surface area contributed by atoms with Crippen LogP contribution in [0.2, 0.25) is 0 Å². The molecule has 0 unspecified atom stereocenters. The molecule has 0 aliphatic heterocycles. The molecular formula is C20H20O4. The number of carbonyl (C=O) groups is 2. The molecule has 4 nitrogen and oxygen atoms in total. The van der Waals surface area contributed by atoms with E-state index in [1.165, 1.54) is 31.4 Å². The predicted molar refractivity (Wildman–Crippen MR) is 94.0 cm³/mol. The number of esters is 2. The number of ether oxygens (including phenoxy) is 2. The molecule has 0 aromatic heterocycles.